The molecule has 0 radical (unpaired) electrons. The molecule has 3 aromatic rings. The van der Waals surface area contributed by atoms with Crippen molar-refractivity contribution >= 4 is 44.4 Å². The Morgan fingerprint density at radius 2 is 2.26 bits per heavy atom. The quantitative estimate of drug-likeness (QED) is 0.728. The fourth-order valence-corrected chi connectivity index (χ4v) is 3.25. The SMILES string of the molecule is Nc1ccc2sc(C(=O)NCc3cncs3)cc2c1. The number of rotatable bonds is 3. The lowest BCUT2D eigenvalue weighted by atomic mass is 10.2. The summed E-state index contributed by atoms with van der Waals surface area (Å²) < 4.78 is 1.07. The Hall–Kier alpha value is -1.92. The first-order chi connectivity index (χ1) is 9.22. The molecule has 4 nitrogen and oxygen atoms in total. The number of aromatic nitrogens is 1. The average Bonchev–Trinajstić information content (AvgIpc) is 3.04. The molecule has 0 aliphatic heterocycles. The van der Waals surface area contributed by atoms with Crippen LogP contribution in [-0.4, -0.2) is 10.9 Å². The van der Waals surface area contributed by atoms with Gasteiger partial charge in [0.05, 0.1) is 16.9 Å². The lowest BCUT2D eigenvalue weighted by Crippen LogP contribution is -2.21. The monoisotopic (exact) mass is 289 g/mol. The molecular formula is C13H11N3OS2. The van der Waals surface area contributed by atoms with Crippen molar-refractivity contribution in [3.05, 3.63) is 45.7 Å². The second-order valence-electron chi connectivity index (χ2n) is 4.06. The number of nitrogens with one attached hydrogen (secondary N) is 1. The van der Waals surface area contributed by atoms with Crippen LogP contribution in [0.2, 0.25) is 0 Å². The van der Waals surface area contributed by atoms with Crippen LogP contribution >= 0.6 is 22.7 Å². The zero-order valence-electron chi connectivity index (χ0n) is 9.92. The molecule has 0 aliphatic carbocycles. The fraction of sp³-hybridized carbons (Fsp3) is 0.0769. The van der Waals surface area contributed by atoms with Gasteiger partial charge in [0.2, 0.25) is 0 Å². The molecule has 1 amide bonds. The predicted octanol–water partition coefficient (Wildman–Crippen LogP) is 2.87. The van der Waals surface area contributed by atoms with Gasteiger partial charge in [-0.1, -0.05) is 0 Å². The number of anilines is 1. The molecule has 1 aromatic carbocycles. The molecule has 0 aliphatic rings. The molecule has 0 atom stereocenters. The fourth-order valence-electron chi connectivity index (χ4n) is 1.76. The van der Waals surface area contributed by atoms with E-state index in [1.54, 1.807) is 11.7 Å². The van der Waals surface area contributed by atoms with Crippen molar-refractivity contribution in [2.75, 3.05) is 5.73 Å². The smallest absolute Gasteiger partial charge is 0.261 e. The van der Waals surface area contributed by atoms with Gasteiger partial charge in [0.25, 0.3) is 5.91 Å². The van der Waals surface area contributed by atoms with E-state index in [4.69, 9.17) is 5.73 Å². The van der Waals surface area contributed by atoms with Gasteiger partial charge >= 0.3 is 0 Å². The highest BCUT2D eigenvalue weighted by atomic mass is 32.1. The maximum Gasteiger partial charge on any atom is 0.261 e. The maximum absolute atomic E-state index is 12.0. The highest BCUT2D eigenvalue weighted by Gasteiger charge is 2.10. The number of thiazole rings is 1. The summed E-state index contributed by atoms with van der Waals surface area (Å²) in [4.78, 5) is 17.8. The van der Waals surface area contributed by atoms with E-state index in [0.29, 0.717) is 17.1 Å². The Morgan fingerprint density at radius 1 is 1.37 bits per heavy atom. The normalized spacial score (nSPS) is 10.7. The molecule has 96 valence electrons. The molecule has 6 heteroatoms. The topological polar surface area (TPSA) is 68.0 Å². The number of nitrogens with two attached hydrogens (primary N) is 1. The van der Waals surface area contributed by atoms with Crippen LogP contribution in [0, 0.1) is 0 Å². The highest BCUT2D eigenvalue weighted by molar-refractivity contribution is 7.20. The van der Waals surface area contributed by atoms with Gasteiger partial charge in [-0.2, -0.15) is 0 Å². The lowest BCUT2D eigenvalue weighted by molar-refractivity contribution is 0.0955. The first-order valence-corrected chi connectivity index (χ1v) is 7.36. The van der Waals surface area contributed by atoms with Crippen molar-refractivity contribution in [3.8, 4) is 0 Å². The Labute approximate surface area is 117 Å². The number of carbonyl (C=O) groups excluding carboxylic acids is 1. The van der Waals surface area contributed by atoms with E-state index in [1.165, 1.54) is 22.7 Å². The van der Waals surface area contributed by atoms with E-state index in [9.17, 15) is 4.79 Å². The summed E-state index contributed by atoms with van der Waals surface area (Å²) >= 11 is 3.00. The van der Waals surface area contributed by atoms with Crippen molar-refractivity contribution in [1.82, 2.24) is 10.3 Å². The minimum Gasteiger partial charge on any atom is -0.399 e. The summed E-state index contributed by atoms with van der Waals surface area (Å²) in [6.45, 7) is 0.514. The number of amides is 1. The van der Waals surface area contributed by atoms with Gasteiger partial charge in [-0.25, -0.2) is 0 Å². The molecule has 0 bridgehead atoms. The molecule has 19 heavy (non-hydrogen) atoms. The van der Waals surface area contributed by atoms with E-state index in [-0.39, 0.29) is 5.91 Å². The molecule has 3 N–H and O–H groups in total. The van der Waals surface area contributed by atoms with E-state index in [2.05, 4.69) is 10.3 Å². The summed E-state index contributed by atoms with van der Waals surface area (Å²) in [5, 5.41) is 3.89. The van der Waals surface area contributed by atoms with E-state index in [1.807, 2.05) is 24.3 Å². The minimum absolute atomic E-state index is 0.0619. The summed E-state index contributed by atoms with van der Waals surface area (Å²) in [7, 11) is 0. The second kappa shape index (κ2) is 4.99. The van der Waals surface area contributed by atoms with Gasteiger partial charge < -0.3 is 11.1 Å². The van der Waals surface area contributed by atoms with E-state index in [0.717, 1.165) is 15.0 Å². The second-order valence-corrected chi connectivity index (χ2v) is 6.11. The molecule has 2 heterocycles. The van der Waals surface area contributed by atoms with Crippen molar-refractivity contribution in [2.45, 2.75) is 6.54 Å². The Kier molecular flexibility index (Phi) is 3.18. The summed E-state index contributed by atoms with van der Waals surface area (Å²) in [5.74, 6) is -0.0619. The summed E-state index contributed by atoms with van der Waals surface area (Å²) in [6, 6.07) is 7.54. The number of benzene rings is 1. The van der Waals surface area contributed by atoms with Gasteiger partial charge in [-0.3, -0.25) is 9.78 Å². The predicted molar refractivity (Wildman–Crippen MR) is 79.5 cm³/mol. The van der Waals surface area contributed by atoms with Gasteiger partial charge in [0.15, 0.2) is 0 Å². The molecule has 2 aromatic heterocycles. The zero-order chi connectivity index (χ0) is 13.2. The number of nitrogen functional groups attached to an aromatic ring is 1. The van der Waals surface area contributed by atoms with Crippen LogP contribution in [0.5, 0.6) is 0 Å². The number of hydrogen-bond acceptors (Lipinski definition) is 5. The molecule has 0 saturated heterocycles. The van der Waals surface area contributed by atoms with Crippen LogP contribution in [0.25, 0.3) is 10.1 Å². The Morgan fingerprint density at radius 3 is 3.05 bits per heavy atom. The lowest BCUT2D eigenvalue weighted by Gasteiger charge is -1.99. The molecule has 0 unspecified atom stereocenters. The third kappa shape index (κ3) is 2.59. The molecule has 0 saturated carbocycles. The maximum atomic E-state index is 12.0. The van der Waals surface area contributed by atoms with Crippen molar-refractivity contribution in [1.29, 1.82) is 0 Å². The number of thiophene rings is 1. The van der Waals surface area contributed by atoms with Gasteiger partial charge in [0.1, 0.15) is 0 Å². The first-order valence-electron chi connectivity index (χ1n) is 5.67. The Balaban J connectivity index is 1.77. The van der Waals surface area contributed by atoms with Crippen LogP contribution in [-0.2, 0) is 6.54 Å². The average molecular weight is 289 g/mol. The number of hydrogen-bond donors (Lipinski definition) is 2. The molecular weight excluding hydrogens is 278 g/mol. The van der Waals surface area contributed by atoms with Crippen LogP contribution in [0.4, 0.5) is 5.69 Å². The zero-order valence-corrected chi connectivity index (χ0v) is 11.6. The largest absolute Gasteiger partial charge is 0.399 e. The van der Waals surface area contributed by atoms with Gasteiger partial charge in [-0.15, -0.1) is 22.7 Å². The third-order valence-corrected chi connectivity index (χ3v) is 4.57. The van der Waals surface area contributed by atoms with Crippen LogP contribution in [0.1, 0.15) is 14.5 Å². The number of nitrogens with zero attached hydrogens (tertiary/aromatic N) is 1. The summed E-state index contributed by atoms with van der Waals surface area (Å²) in [6.07, 6.45) is 1.76. The van der Waals surface area contributed by atoms with E-state index >= 15 is 0 Å². The molecule has 3 rings (SSSR count). The first kappa shape index (κ1) is 12.1. The number of carbonyl (C=O) groups is 1. The standard InChI is InChI=1S/C13H11N3OS2/c14-9-1-2-11-8(3-9)4-12(19-11)13(17)16-6-10-5-15-7-18-10/h1-5,7H,6,14H2,(H,16,17). The van der Waals surface area contributed by atoms with Crippen LogP contribution in [0.15, 0.2) is 36.0 Å². The highest BCUT2D eigenvalue weighted by Crippen LogP contribution is 2.27. The van der Waals surface area contributed by atoms with Gasteiger partial charge in [0, 0.05) is 21.5 Å². The minimum atomic E-state index is -0.0619. The number of fused-ring (bicyclic) bond motifs is 1. The molecule has 0 fully saturated rings. The van der Waals surface area contributed by atoms with Crippen molar-refractivity contribution in [3.63, 3.8) is 0 Å². The van der Waals surface area contributed by atoms with E-state index < -0.39 is 0 Å². The van der Waals surface area contributed by atoms with Crippen molar-refractivity contribution < 1.29 is 4.79 Å². The van der Waals surface area contributed by atoms with Crippen molar-refractivity contribution in [2.24, 2.45) is 0 Å². The van der Waals surface area contributed by atoms with Crippen LogP contribution < -0.4 is 11.1 Å². The van der Waals surface area contributed by atoms with Gasteiger partial charge in [-0.05, 0) is 29.7 Å². The Bertz CT molecular complexity index is 719. The summed E-state index contributed by atoms with van der Waals surface area (Å²) in [5.41, 5.74) is 8.19. The molecule has 0 spiro atoms. The van der Waals surface area contributed by atoms with Crippen LogP contribution in [0.3, 0.4) is 0 Å². The third-order valence-electron chi connectivity index (χ3n) is 2.67.